The van der Waals surface area contributed by atoms with Gasteiger partial charge in [0.25, 0.3) is 9.13 Å². The molecule has 1 fully saturated rings. The van der Waals surface area contributed by atoms with E-state index in [1.165, 1.54) is 0 Å². The van der Waals surface area contributed by atoms with Gasteiger partial charge in [-0.25, -0.2) is 0 Å². The quantitative estimate of drug-likeness (QED) is 0.323. The second-order valence-corrected chi connectivity index (χ2v) is 3.76. The molecule has 0 aromatic heterocycles. The Morgan fingerprint density at radius 2 is 1.67 bits per heavy atom. The van der Waals surface area contributed by atoms with Crippen molar-refractivity contribution in [2.75, 3.05) is 0 Å². The third-order valence-corrected chi connectivity index (χ3v) is 2.94. The van der Waals surface area contributed by atoms with Crippen molar-refractivity contribution >= 4 is 9.13 Å². The van der Waals surface area contributed by atoms with Crippen LogP contribution in [0.25, 0.3) is 0 Å². The van der Waals surface area contributed by atoms with Gasteiger partial charge < -0.3 is 4.11 Å². The summed E-state index contributed by atoms with van der Waals surface area (Å²) in [6.07, 6.45) is 2.32. The molecule has 1 aliphatic rings. The molecule has 1 saturated heterocycles. The van der Waals surface area contributed by atoms with Gasteiger partial charge in [0.15, 0.2) is 0 Å². The van der Waals surface area contributed by atoms with Crippen LogP contribution in [0.15, 0.2) is 0 Å². The highest BCUT2D eigenvalue weighted by Gasteiger charge is 2.16. The van der Waals surface area contributed by atoms with Crippen LogP contribution in [0.4, 0.5) is 4.11 Å². The van der Waals surface area contributed by atoms with Gasteiger partial charge in [-0.1, -0.05) is 12.8 Å². The highest BCUT2D eigenvalue weighted by Crippen LogP contribution is 2.18. The predicted octanol–water partition coefficient (Wildman–Crippen LogP) is 1.74. The van der Waals surface area contributed by atoms with Crippen LogP contribution in [-0.4, -0.2) is 9.13 Å². The van der Waals surface area contributed by atoms with Gasteiger partial charge in [-0.2, -0.15) is 0 Å². The lowest BCUT2D eigenvalue weighted by Gasteiger charge is -1.81. The molecule has 6 heavy (non-hydrogen) atoms. The molecule has 1 aliphatic heterocycles. The lowest BCUT2D eigenvalue weighted by atomic mass is 10.4. The third kappa shape index (κ3) is 0.804. The lowest BCUT2D eigenvalue weighted by molar-refractivity contribution is 0.829. The normalized spacial score (nSPS) is 25.5. The first-order valence-electron chi connectivity index (χ1n) is 2.40. The van der Waals surface area contributed by atoms with Crippen molar-refractivity contribution in [3.05, 3.63) is 0 Å². The number of rotatable bonds is 0. The minimum Gasteiger partial charge on any atom is -0.314 e. The van der Waals surface area contributed by atoms with Crippen molar-refractivity contribution in [2.24, 2.45) is 0 Å². The molecule has 0 aromatic rings. The number of hydrogen-bond donors (Lipinski definition) is 0. The Bertz CT molecular complexity index is 40.8. The third-order valence-electron chi connectivity index (χ3n) is 1.15. The second-order valence-electron chi connectivity index (χ2n) is 1.72. The van der Waals surface area contributed by atoms with E-state index in [4.69, 9.17) is 0 Å². The van der Waals surface area contributed by atoms with E-state index in [-0.39, 0.29) is 0 Å². The zero-order chi connectivity index (χ0) is 4.41. The Morgan fingerprint density at radius 3 is 1.83 bits per heavy atom. The molecule has 0 saturated carbocycles. The van der Waals surface area contributed by atoms with Gasteiger partial charge in [0.2, 0.25) is 0 Å². The van der Waals surface area contributed by atoms with Gasteiger partial charge in [-0.15, -0.1) is 0 Å². The zero-order valence-electron chi connectivity index (χ0n) is 3.71. The van der Waals surface area contributed by atoms with Crippen LogP contribution in [0, 0.1) is 0 Å². The van der Waals surface area contributed by atoms with Crippen LogP contribution in [0.1, 0.15) is 12.8 Å². The largest absolute Gasteiger partial charge is 0.314 e. The zero-order valence-corrected chi connectivity index (χ0v) is 4.71. The molecule has 1 rings (SSSR count). The highest BCUT2D eigenvalue weighted by atomic mass is 28.3. The van der Waals surface area contributed by atoms with E-state index in [1.54, 1.807) is 0 Å². The van der Waals surface area contributed by atoms with Crippen molar-refractivity contribution < 1.29 is 4.11 Å². The minimum absolute atomic E-state index is 0.921. The van der Waals surface area contributed by atoms with Gasteiger partial charge in [0.1, 0.15) is 0 Å². The van der Waals surface area contributed by atoms with Gasteiger partial charge in [-0.05, 0) is 12.1 Å². The summed E-state index contributed by atoms with van der Waals surface area (Å²) in [5, 5.41) is 0. The summed E-state index contributed by atoms with van der Waals surface area (Å²) in [6.45, 7) is 0. The average Bonchev–Trinajstić information content (AvgIpc) is 1.86. The molecule has 1 heterocycles. The SMILES string of the molecule is F[Si]1CCCC1. The van der Waals surface area contributed by atoms with Crippen LogP contribution in [0.5, 0.6) is 0 Å². The molecule has 0 aliphatic carbocycles. The molecule has 35 valence electrons. The summed E-state index contributed by atoms with van der Waals surface area (Å²) in [7, 11) is -1.26. The Kier molecular flexibility index (Phi) is 1.24. The summed E-state index contributed by atoms with van der Waals surface area (Å²) >= 11 is 0. The molecule has 0 unspecified atom stereocenters. The van der Waals surface area contributed by atoms with Crippen molar-refractivity contribution in [1.82, 2.24) is 0 Å². The Labute approximate surface area is 39.1 Å². The van der Waals surface area contributed by atoms with Crippen LogP contribution in [-0.2, 0) is 0 Å². The van der Waals surface area contributed by atoms with Gasteiger partial charge in [-0.3, -0.25) is 0 Å². The molecule has 0 aromatic carbocycles. The topological polar surface area (TPSA) is 0 Å². The van der Waals surface area contributed by atoms with E-state index in [1.807, 2.05) is 0 Å². The first-order valence-corrected chi connectivity index (χ1v) is 4.19. The summed E-state index contributed by atoms with van der Waals surface area (Å²) in [5.41, 5.74) is 0. The van der Waals surface area contributed by atoms with Gasteiger partial charge >= 0.3 is 0 Å². The molecule has 1 radical (unpaired) electrons. The molecule has 0 bridgehead atoms. The first kappa shape index (κ1) is 4.31. The second kappa shape index (κ2) is 1.73. The maximum absolute atomic E-state index is 12.0. The average molecular weight is 103 g/mol. The van der Waals surface area contributed by atoms with Crippen molar-refractivity contribution in [1.29, 1.82) is 0 Å². The van der Waals surface area contributed by atoms with Gasteiger partial charge in [0.05, 0.1) is 0 Å². The van der Waals surface area contributed by atoms with Gasteiger partial charge in [0, 0.05) is 0 Å². The number of hydrogen-bond acceptors (Lipinski definition) is 0. The summed E-state index contributed by atoms with van der Waals surface area (Å²) in [4.78, 5) is 0. The lowest BCUT2D eigenvalue weighted by Crippen LogP contribution is -1.92. The maximum Gasteiger partial charge on any atom is 0.271 e. The fourth-order valence-corrected chi connectivity index (χ4v) is 2.28. The van der Waals surface area contributed by atoms with Crippen molar-refractivity contribution in [3.8, 4) is 0 Å². The molecule has 2 heteroatoms. The summed E-state index contributed by atoms with van der Waals surface area (Å²) in [5.74, 6) is 0. The van der Waals surface area contributed by atoms with Crippen LogP contribution in [0.3, 0.4) is 0 Å². The molecule has 0 amide bonds. The van der Waals surface area contributed by atoms with Crippen LogP contribution in [0.2, 0.25) is 12.1 Å². The van der Waals surface area contributed by atoms with E-state index in [9.17, 15) is 4.11 Å². The van der Waals surface area contributed by atoms with E-state index in [2.05, 4.69) is 0 Å². The minimum atomic E-state index is -1.26. The summed E-state index contributed by atoms with van der Waals surface area (Å²) < 4.78 is 12.0. The standard InChI is InChI=1S/C4H8FSi/c5-6-3-1-2-4-6/h1-4H2. The highest BCUT2D eigenvalue weighted by molar-refractivity contribution is 6.51. The molecule has 0 N–H and O–H groups in total. The Morgan fingerprint density at radius 1 is 1.17 bits per heavy atom. The van der Waals surface area contributed by atoms with Crippen LogP contribution < -0.4 is 0 Å². The Balaban J connectivity index is 2.18. The van der Waals surface area contributed by atoms with E-state index >= 15 is 0 Å². The smallest absolute Gasteiger partial charge is 0.271 e. The fraction of sp³-hybridized carbons (Fsp3) is 1.00. The molecule has 0 spiro atoms. The monoisotopic (exact) mass is 103 g/mol. The molecular formula is C4H8FSi. The predicted molar refractivity (Wildman–Crippen MR) is 25.7 cm³/mol. The van der Waals surface area contributed by atoms with Crippen molar-refractivity contribution in [3.63, 3.8) is 0 Å². The van der Waals surface area contributed by atoms with E-state index in [0.29, 0.717) is 0 Å². The maximum atomic E-state index is 12.0. The Hall–Kier alpha value is 0.147. The van der Waals surface area contributed by atoms with Crippen molar-refractivity contribution in [2.45, 2.75) is 24.9 Å². The fourth-order valence-electron chi connectivity index (χ4n) is 0.759. The van der Waals surface area contributed by atoms with E-state index < -0.39 is 9.13 Å². The first-order chi connectivity index (χ1) is 2.89. The van der Waals surface area contributed by atoms with Crippen LogP contribution >= 0.6 is 0 Å². The molecule has 0 atom stereocenters. The van der Waals surface area contributed by atoms with E-state index in [0.717, 1.165) is 24.9 Å². The molecule has 0 nitrogen and oxygen atoms in total. The number of halogens is 1. The summed E-state index contributed by atoms with van der Waals surface area (Å²) in [6, 6.07) is 1.84. The molecular weight excluding hydrogens is 95.1 g/mol.